The molecule has 0 aliphatic carbocycles. The molecule has 3 rings (SSSR count). The van der Waals surface area contributed by atoms with E-state index in [9.17, 15) is 19.2 Å². The maximum absolute atomic E-state index is 13.0. The van der Waals surface area contributed by atoms with Gasteiger partial charge in [-0.3, -0.25) is 14.5 Å². The van der Waals surface area contributed by atoms with E-state index in [0.29, 0.717) is 16.9 Å². The van der Waals surface area contributed by atoms with Gasteiger partial charge in [-0.2, -0.15) is 0 Å². The van der Waals surface area contributed by atoms with Crippen LogP contribution >= 0.6 is 35.0 Å². The highest BCUT2D eigenvalue weighted by Crippen LogP contribution is 2.40. The fourth-order valence-corrected chi connectivity index (χ4v) is 4.62. The second-order valence-electron chi connectivity index (χ2n) is 8.51. The molecule has 0 unspecified atom stereocenters. The monoisotopic (exact) mass is 527 g/mol. The Morgan fingerprint density at radius 2 is 1.85 bits per heavy atom. The van der Waals surface area contributed by atoms with Gasteiger partial charge in [0.1, 0.15) is 22.7 Å². The van der Waals surface area contributed by atoms with Gasteiger partial charge in [-0.1, -0.05) is 58.7 Å². The molecular formula is C22H23Cl2N3O6S. The van der Waals surface area contributed by atoms with E-state index in [-0.39, 0.29) is 11.4 Å². The molecule has 1 aromatic carbocycles. The number of esters is 1. The lowest BCUT2D eigenvalue weighted by Crippen LogP contribution is -2.71. The van der Waals surface area contributed by atoms with Crippen molar-refractivity contribution in [3.05, 3.63) is 47.2 Å². The lowest BCUT2D eigenvalue weighted by atomic mass is 10.0. The average molecular weight is 528 g/mol. The van der Waals surface area contributed by atoms with Gasteiger partial charge in [0.25, 0.3) is 11.8 Å². The number of nitrogens with one attached hydrogen (secondary N) is 1. The van der Waals surface area contributed by atoms with Crippen LogP contribution in [-0.2, 0) is 28.8 Å². The highest BCUT2D eigenvalue weighted by Gasteiger charge is 2.54. The topological polar surface area (TPSA) is 114 Å². The van der Waals surface area contributed by atoms with E-state index in [1.807, 2.05) is 0 Å². The molecule has 2 amide bonds. The van der Waals surface area contributed by atoms with Crippen LogP contribution in [0.5, 0.6) is 0 Å². The Bertz CT molecular complexity index is 1070. The minimum atomic E-state index is -1.48. The number of oxime groups is 1. The summed E-state index contributed by atoms with van der Waals surface area (Å²) in [7, 11) is 0. The summed E-state index contributed by atoms with van der Waals surface area (Å²) in [6.07, 6.45) is 0. The molecule has 1 fully saturated rings. The lowest BCUT2D eigenvalue weighted by molar-refractivity contribution is -0.158. The van der Waals surface area contributed by atoms with Crippen molar-refractivity contribution in [3.63, 3.8) is 0 Å². The average Bonchev–Trinajstić information content (AvgIpc) is 2.76. The van der Waals surface area contributed by atoms with Crippen LogP contribution in [-0.4, -0.2) is 62.0 Å². The fourth-order valence-electron chi connectivity index (χ4n) is 3.25. The van der Waals surface area contributed by atoms with Crippen LogP contribution in [0.15, 0.2) is 46.8 Å². The predicted octanol–water partition coefficient (Wildman–Crippen LogP) is 2.75. The van der Waals surface area contributed by atoms with Crippen molar-refractivity contribution >= 4 is 64.4 Å². The molecule has 0 radical (unpaired) electrons. The molecule has 2 aliphatic heterocycles. The van der Waals surface area contributed by atoms with Crippen molar-refractivity contribution in [1.82, 2.24) is 10.2 Å². The third kappa shape index (κ3) is 5.73. The van der Waals surface area contributed by atoms with Crippen molar-refractivity contribution in [2.45, 2.75) is 49.5 Å². The summed E-state index contributed by atoms with van der Waals surface area (Å²) < 4.78 is 5.46. The highest BCUT2D eigenvalue weighted by molar-refractivity contribution is 8.00. The predicted molar refractivity (Wildman–Crippen MR) is 128 cm³/mol. The van der Waals surface area contributed by atoms with Crippen molar-refractivity contribution in [3.8, 4) is 0 Å². The molecular weight excluding hydrogens is 505 g/mol. The number of alkyl halides is 2. The van der Waals surface area contributed by atoms with E-state index < -0.39 is 45.6 Å². The third-order valence-corrected chi connectivity index (χ3v) is 6.49. The SMILES string of the molecule is CC1=C(C(=O)OC(C)(C)C)N2C(=O)[C@@H](NC(=O)/C(=N/OC(=O)C(Cl)Cl)c3ccccc3)[C@H]2SC1. The number of benzene rings is 1. The molecule has 34 heavy (non-hydrogen) atoms. The number of hydrogen-bond donors (Lipinski definition) is 1. The second kappa shape index (κ2) is 10.4. The number of halogens is 2. The van der Waals surface area contributed by atoms with Gasteiger partial charge >= 0.3 is 11.9 Å². The third-order valence-electron chi connectivity index (χ3n) is 4.71. The Morgan fingerprint density at radius 1 is 1.21 bits per heavy atom. The first-order chi connectivity index (χ1) is 15.9. The zero-order valence-corrected chi connectivity index (χ0v) is 21.2. The van der Waals surface area contributed by atoms with E-state index in [1.165, 1.54) is 16.7 Å². The number of thioether (sulfide) groups is 1. The van der Waals surface area contributed by atoms with Gasteiger partial charge in [0.15, 0.2) is 5.71 Å². The van der Waals surface area contributed by atoms with E-state index in [2.05, 4.69) is 15.3 Å². The standard InChI is InChI=1S/C22H23Cl2N3O6S/c1-11-10-34-19-14(18(29)27(19)15(11)20(30)32-22(2,3)4)25-17(28)13(12-8-6-5-7-9-12)26-33-21(31)16(23)24/h5-9,14,16,19H,10H2,1-4H3,(H,25,28)/b26-13+/t14-,19-/m1/s1. The normalized spacial score (nSPS) is 20.5. The van der Waals surface area contributed by atoms with Gasteiger partial charge in [0.05, 0.1) is 0 Å². The van der Waals surface area contributed by atoms with Crippen LogP contribution < -0.4 is 5.32 Å². The number of carbonyl (C=O) groups excluding carboxylic acids is 4. The molecule has 1 N–H and O–H groups in total. The molecule has 0 aromatic heterocycles. The number of rotatable bonds is 6. The number of carbonyl (C=O) groups is 4. The molecule has 2 heterocycles. The van der Waals surface area contributed by atoms with Crippen molar-refractivity contribution < 1.29 is 28.8 Å². The number of amides is 2. The van der Waals surface area contributed by atoms with Crippen molar-refractivity contribution in [2.75, 3.05) is 5.75 Å². The zero-order valence-electron chi connectivity index (χ0n) is 18.8. The summed E-state index contributed by atoms with van der Waals surface area (Å²) in [6, 6.07) is 7.32. The first-order valence-corrected chi connectivity index (χ1v) is 12.1. The molecule has 9 nitrogen and oxygen atoms in total. The number of hydrogen-bond acceptors (Lipinski definition) is 8. The minimum Gasteiger partial charge on any atom is -0.455 e. The quantitative estimate of drug-likeness (QED) is 0.151. The maximum atomic E-state index is 13.0. The van der Waals surface area contributed by atoms with E-state index >= 15 is 0 Å². The molecule has 0 spiro atoms. The lowest BCUT2D eigenvalue weighted by Gasteiger charge is -2.49. The molecule has 0 bridgehead atoms. The van der Waals surface area contributed by atoms with Crippen LogP contribution in [0.4, 0.5) is 0 Å². The summed E-state index contributed by atoms with van der Waals surface area (Å²) in [6.45, 7) is 6.98. The molecule has 1 aromatic rings. The van der Waals surface area contributed by atoms with Crippen molar-refractivity contribution in [2.24, 2.45) is 5.16 Å². The van der Waals surface area contributed by atoms with Gasteiger partial charge < -0.3 is 14.9 Å². The summed E-state index contributed by atoms with van der Waals surface area (Å²) in [4.78, 5) is 54.9. The summed E-state index contributed by atoms with van der Waals surface area (Å²) in [5.74, 6) is -2.37. The molecule has 2 atom stereocenters. The maximum Gasteiger partial charge on any atom is 0.367 e. The molecule has 182 valence electrons. The van der Waals surface area contributed by atoms with Crippen LogP contribution in [0, 0.1) is 0 Å². The van der Waals surface area contributed by atoms with Crippen LogP contribution in [0.2, 0.25) is 0 Å². The Kier molecular flexibility index (Phi) is 7.95. The zero-order chi connectivity index (χ0) is 25.2. The first kappa shape index (κ1) is 26.1. The summed E-state index contributed by atoms with van der Waals surface area (Å²) in [5, 5.41) is 5.75. The summed E-state index contributed by atoms with van der Waals surface area (Å²) in [5.41, 5.74) is 0.280. The number of nitrogens with zero attached hydrogens (tertiary/aromatic N) is 2. The molecule has 1 saturated heterocycles. The molecule has 0 saturated carbocycles. The fraction of sp³-hybridized carbons (Fsp3) is 0.409. The van der Waals surface area contributed by atoms with Gasteiger partial charge in [0.2, 0.25) is 4.84 Å². The highest BCUT2D eigenvalue weighted by atomic mass is 35.5. The Hall–Kier alpha value is -2.56. The van der Waals surface area contributed by atoms with Crippen LogP contribution in [0.3, 0.4) is 0 Å². The minimum absolute atomic E-state index is 0.190. The number of fused-ring (bicyclic) bond motifs is 1. The Morgan fingerprint density at radius 3 is 2.44 bits per heavy atom. The van der Waals surface area contributed by atoms with Crippen LogP contribution in [0.1, 0.15) is 33.3 Å². The van der Waals surface area contributed by atoms with E-state index in [0.717, 1.165) is 0 Å². The van der Waals surface area contributed by atoms with Crippen molar-refractivity contribution in [1.29, 1.82) is 0 Å². The molecule has 2 aliphatic rings. The van der Waals surface area contributed by atoms with Gasteiger partial charge in [-0.05, 0) is 33.3 Å². The summed E-state index contributed by atoms with van der Waals surface area (Å²) >= 11 is 12.3. The van der Waals surface area contributed by atoms with Gasteiger partial charge in [0, 0.05) is 11.3 Å². The van der Waals surface area contributed by atoms with E-state index in [4.69, 9.17) is 27.9 Å². The smallest absolute Gasteiger partial charge is 0.367 e. The number of β-lactam (4-membered cyclic amide) rings is 1. The van der Waals surface area contributed by atoms with E-state index in [1.54, 1.807) is 58.0 Å². The first-order valence-electron chi connectivity index (χ1n) is 10.2. The van der Waals surface area contributed by atoms with Crippen LogP contribution in [0.25, 0.3) is 0 Å². The Labute approximate surface area is 210 Å². The second-order valence-corrected chi connectivity index (χ2v) is 10.7. The molecule has 12 heteroatoms. The van der Waals surface area contributed by atoms with Gasteiger partial charge in [-0.25, -0.2) is 9.59 Å². The Balaban J connectivity index is 1.79. The number of ether oxygens (including phenoxy) is 1. The largest absolute Gasteiger partial charge is 0.455 e. The van der Waals surface area contributed by atoms with Gasteiger partial charge in [-0.15, -0.1) is 11.8 Å².